The number of piperidine rings is 1. The zero-order chi connectivity index (χ0) is 14.5. The number of aromatic nitrogens is 1. The highest BCUT2D eigenvalue weighted by Gasteiger charge is 2.22. The number of nitriles is 1. The molecule has 0 aromatic carbocycles. The fourth-order valence-electron chi connectivity index (χ4n) is 2.43. The van der Waals surface area contributed by atoms with E-state index >= 15 is 0 Å². The van der Waals surface area contributed by atoms with Crippen molar-refractivity contribution < 1.29 is 4.92 Å². The van der Waals surface area contributed by atoms with E-state index in [1.807, 2.05) is 6.07 Å². The smallest absolute Gasteiger partial charge is 0.312 e. The third-order valence-corrected chi connectivity index (χ3v) is 3.44. The third-order valence-electron chi connectivity index (χ3n) is 3.44. The van der Waals surface area contributed by atoms with Gasteiger partial charge in [-0.3, -0.25) is 10.1 Å². The molecule has 7 heteroatoms. The number of anilines is 1. The Morgan fingerprint density at radius 3 is 3.05 bits per heavy atom. The molecular weight excluding hydrogens is 258 g/mol. The van der Waals surface area contributed by atoms with Gasteiger partial charge in [-0.15, -0.1) is 0 Å². The number of nitrogens with zero attached hydrogens (tertiary/aromatic N) is 4. The summed E-state index contributed by atoms with van der Waals surface area (Å²) in [6, 6.07) is 3.47. The Kier molecular flexibility index (Phi) is 4.48. The van der Waals surface area contributed by atoms with Crippen molar-refractivity contribution in [2.24, 2.45) is 0 Å². The summed E-state index contributed by atoms with van der Waals surface area (Å²) >= 11 is 0. The summed E-state index contributed by atoms with van der Waals surface area (Å²) in [5, 5.41) is 23.3. The Balaban J connectivity index is 2.18. The van der Waals surface area contributed by atoms with Gasteiger partial charge in [-0.25, -0.2) is 4.98 Å². The summed E-state index contributed by atoms with van der Waals surface area (Å²) < 4.78 is 0. The molecule has 1 aromatic rings. The van der Waals surface area contributed by atoms with Crippen molar-refractivity contribution in [1.29, 1.82) is 5.26 Å². The van der Waals surface area contributed by atoms with Crippen LogP contribution in [-0.4, -0.2) is 36.1 Å². The van der Waals surface area contributed by atoms with Crippen LogP contribution in [0.2, 0.25) is 0 Å². The zero-order valence-electron chi connectivity index (χ0n) is 11.4. The highest BCUT2D eigenvalue weighted by atomic mass is 16.6. The van der Waals surface area contributed by atoms with Crippen LogP contribution < -0.4 is 10.2 Å². The second-order valence-electron chi connectivity index (χ2n) is 4.96. The quantitative estimate of drug-likeness (QED) is 0.660. The lowest BCUT2D eigenvalue weighted by Gasteiger charge is -2.28. The minimum Gasteiger partial charge on any atom is -0.352 e. The van der Waals surface area contributed by atoms with E-state index < -0.39 is 4.92 Å². The van der Waals surface area contributed by atoms with E-state index in [2.05, 4.69) is 10.3 Å². The lowest BCUT2D eigenvalue weighted by atomic mass is 10.0. The fourth-order valence-corrected chi connectivity index (χ4v) is 2.43. The van der Waals surface area contributed by atoms with Crippen molar-refractivity contribution in [3.05, 3.63) is 27.9 Å². The molecule has 7 nitrogen and oxygen atoms in total. The van der Waals surface area contributed by atoms with Crippen molar-refractivity contribution in [2.75, 3.05) is 25.0 Å². The second-order valence-corrected chi connectivity index (χ2v) is 4.96. The molecule has 1 aromatic heterocycles. The van der Waals surface area contributed by atoms with E-state index in [4.69, 9.17) is 5.26 Å². The number of pyridine rings is 1. The molecule has 0 bridgehead atoms. The van der Waals surface area contributed by atoms with Gasteiger partial charge < -0.3 is 10.2 Å². The molecule has 1 aliphatic heterocycles. The minimum absolute atomic E-state index is 0.123. The number of likely N-dealkylation sites (N-methyl/N-ethyl adjacent to an activating group) is 1. The number of nitro groups is 1. The van der Waals surface area contributed by atoms with E-state index in [1.165, 1.54) is 25.1 Å². The molecule has 1 N–H and O–H groups in total. The minimum atomic E-state index is -0.492. The van der Waals surface area contributed by atoms with Gasteiger partial charge in [-0.1, -0.05) is 6.42 Å². The van der Waals surface area contributed by atoms with Gasteiger partial charge in [0.25, 0.3) is 0 Å². The Labute approximate surface area is 117 Å². The van der Waals surface area contributed by atoms with Gasteiger partial charge >= 0.3 is 5.69 Å². The summed E-state index contributed by atoms with van der Waals surface area (Å²) in [7, 11) is 1.79. The molecule has 0 saturated carbocycles. The maximum absolute atomic E-state index is 11.1. The number of hydrogen-bond donors (Lipinski definition) is 1. The summed E-state index contributed by atoms with van der Waals surface area (Å²) in [5.41, 5.74) is 0.0759. The summed E-state index contributed by atoms with van der Waals surface area (Å²) in [6.07, 6.45) is 4.78. The molecule has 1 atom stereocenters. The first-order chi connectivity index (χ1) is 9.61. The summed E-state index contributed by atoms with van der Waals surface area (Å²) in [5.74, 6) is 0.307. The normalized spacial score (nSPS) is 18.3. The van der Waals surface area contributed by atoms with Gasteiger partial charge in [-0.2, -0.15) is 5.26 Å². The molecule has 0 amide bonds. The van der Waals surface area contributed by atoms with Crippen LogP contribution in [0, 0.1) is 21.4 Å². The van der Waals surface area contributed by atoms with Gasteiger partial charge in [0, 0.05) is 31.9 Å². The van der Waals surface area contributed by atoms with Gasteiger partial charge in [0.15, 0.2) is 0 Å². The molecule has 1 aliphatic rings. The first-order valence-corrected chi connectivity index (χ1v) is 6.61. The SMILES string of the molecule is CN(CC1CCCCN1)c1ncc(C#N)cc1[N+](=O)[O-]. The Morgan fingerprint density at radius 1 is 1.65 bits per heavy atom. The Bertz CT molecular complexity index is 534. The molecule has 0 radical (unpaired) electrons. The molecule has 20 heavy (non-hydrogen) atoms. The summed E-state index contributed by atoms with van der Waals surface area (Å²) in [4.78, 5) is 16.5. The van der Waals surface area contributed by atoms with Crippen LogP contribution in [0.15, 0.2) is 12.3 Å². The number of hydrogen-bond acceptors (Lipinski definition) is 6. The van der Waals surface area contributed by atoms with Crippen molar-refractivity contribution in [1.82, 2.24) is 10.3 Å². The van der Waals surface area contributed by atoms with Gasteiger partial charge in [-0.05, 0) is 19.4 Å². The predicted molar refractivity (Wildman–Crippen MR) is 74.5 cm³/mol. The van der Waals surface area contributed by atoms with Crippen LogP contribution >= 0.6 is 0 Å². The van der Waals surface area contributed by atoms with Crippen LogP contribution in [-0.2, 0) is 0 Å². The van der Waals surface area contributed by atoms with Crippen LogP contribution in [0.4, 0.5) is 11.5 Å². The monoisotopic (exact) mass is 275 g/mol. The third kappa shape index (κ3) is 3.22. The Hall–Kier alpha value is -2.20. The summed E-state index contributed by atoms with van der Waals surface area (Å²) in [6.45, 7) is 1.65. The first-order valence-electron chi connectivity index (χ1n) is 6.61. The average molecular weight is 275 g/mol. The number of nitrogens with one attached hydrogen (secondary N) is 1. The topological polar surface area (TPSA) is 95.1 Å². The van der Waals surface area contributed by atoms with Crippen LogP contribution in [0.1, 0.15) is 24.8 Å². The highest BCUT2D eigenvalue weighted by Crippen LogP contribution is 2.26. The molecule has 2 rings (SSSR count). The molecule has 0 spiro atoms. The molecule has 1 fully saturated rings. The van der Waals surface area contributed by atoms with E-state index in [0.717, 1.165) is 13.0 Å². The lowest BCUT2D eigenvalue weighted by Crippen LogP contribution is -2.42. The van der Waals surface area contributed by atoms with Crippen molar-refractivity contribution in [3.63, 3.8) is 0 Å². The largest absolute Gasteiger partial charge is 0.352 e. The molecule has 106 valence electrons. The predicted octanol–water partition coefficient (Wildman–Crippen LogP) is 1.44. The van der Waals surface area contributed by atoms with Gasteiger partial charge in [0.05, 0.1) is 10.5 Å². The van der Waals surface area contributed by atoms with E-state index in [1.54, 1.807) is 11.9 Å². The van der Waals surface area contributed by atoms with Crippen molar-refractivity contribution >= 4 is 11.5 Å². The maximum Gasteiger partial charge on any atom is 0.312 e. The van der Waals surface area contributed by atoms with E-state index in [0.29, 0.717) is 18.4 Å². The van der Waals surface area contributed by atoms with Crippen molar-refractivity contribution in [3.8, 4) is 6.07 Å². The van der Waals surface area contributed by atoms with Crippen LogP contribution in [0.25, 0.3) is 0 Å². The lowest BCUT2D eigenvalue weighted by molar-refractivity contribution is -0.384. The average Bonchev–Trinajstić information content (AvgIpc) is 2.47. The van der Waals surface area contributed by atoms with Crippen LogP contribution in [0.5, 0.6) is 0 Å². The zero-order valence-corrected chi connectivity index (χ0v) is 11.4. The standard InChI is InChI=1S/C13H17N5O2/c1-17(9-11-4-2-3-5-15-11)13-12(18(19)20)6-10(7-14)8-16-13/h6,8,11,15H,2-5,9H2,1H3. The molecule has 1 saturated heterocycles. The molecular formula is C13H17N5O2. The molecule has 1 unspecified atom stereocenters. The maximum atomic E-state index is 11.1. The second kappa shape index (κ2) is 6.30. The van der Waals surface area contributed by atoms with Gasteiger partial charge in [0.2, 0.25) is 5.82 Å². The molecule has 2 heterocycles. The van der Waals surface area contributed by atoms with Crippen LogP contribution in [0.3, 0.4) is 0 Å². The first kappa shape index (κ1) is 14.2. The molecule has 0 aliphatic carbocycles. The van der Waals surface area contributed by atoms with E-state index in [9.17, 15) is 10.1 Å². The fraction of sp³-hybridized carbons (Fsp3) is 0.538. The van der Waals surface area contributed by atoms with Gasteiger partial charge in [0.1, 0.15) is 6.07 Å². The number of rotatable bonds is 4. The van der Waals surface area contributed by atoms with E-state index in [-0.39, 0.29) is 11.3 Å². The van der Waals surface area contributed by atoms with Crippen molar-refractivity contribution in [2.45, 2.75) is 25.3 Å². The highest BCUT2D eigenvalue weighted by molar-refractivity contribution is 5.59. The Morgan fingerprint density at radius 2 is 2.45 bits per heavy atom.